The number of hydrogen-bond acceptors (Lipinski definition) is 6. The lowest BCUT2D eigenvalue weighted by atomic mass is 10.0. The van der Waals surface area contributed by atoms with Gasteiger partial charge in [-0.1, -0.05) is 0 Å². The van der Waals surface area contributed by atoms with Crippen molar-refractivity contribution in [2.45, 2.75) is 50.9 Å². The summed E-state index contributed by atoms with van der Waals surface area (Å²) in [5, 5.41) is 0. The molecule has 0 spiro atoms. The van der Waals surface area contributed by atoms with Crippen LogP contribution < -0.4 is 4.90 Å². The van der Waals surface area contributed by atoms with Crippen molar-refractivity contribution in [1.29, 1.82) is 0 Å². The summed E-state index contributed by atoms with van der Waals surface area (Å²) < 4.78 is 11.4. The number of ether oxygens (including phenoxy) is 2. The number of nitrogens with zero attached hydrogens (tertiary/aromatic N) is 4. The highest BCUT2D eigenvalue weighted by Crippen LogP contribution is 2.20. The van der Waals surface area contributed by atoms with Crippen LogP contribution in [0.2, 0.25) is 0 Å². The molecule has 2 aliphatic heterocycles. The predicted octanol–water partition coefficient (Wildman–Crippen LogP) is 2.31. The van der Waals surface area contributed by atoms with Gasteiger partial charge in [0.2, 0.25) is 0 Å². The molecule has 0 saturated carbocycles. The molecule has 6 nitrogen and oxygen atoms in total. The van der Waals surface area contributed by atoms with Crippen LogP contribution in [-0.2, 0) is 9.47 Å². The summed E-state index contributed by atoms with van der Waals surface area (Å²) >= 11 is 0. The molecule has 0 radical (unpaired) electrons. The topological polar surface area (TPSA) is 50.7 Å². The van der Waals surface area contributed by atoms with E-state index in [0.717, 1.165) is 51.5 Å². The fourth-order valence-corrected chi connectivity index (χ4v) is 3.54. The molecule has 3 rings (SSSR count). The van der Waals surface area contributed by atoms with Crippen molar-refractivity contribution in [1.82, 2.24) is 14.9 Å². The summed E-state index contributed by atoms with van der Waals surface area (Å²) in [4.78, 5) is 13.4. The van der Waals surface area contributed by atoms with Crippen molar-refractivity contribution in [2.75, 3.05) is 44.8 Å². The smallest absolute Gasteiger partial charge is 0.157 e. The van der Waals surface area contributed by atoms with Crippen molar-refractivity contribution in [3.63, 3.8) is 0 Å². The van der Waals surface area contributed by atoms with Gasteiger partial charge >= 0.3 is 0 Å². The van der Waals surface area contributed by atoms with Crippen LogP contribution in [-0.4, -0.2) is 67.1 Å². The molecule has 0 N–H and O–H groups in total. The molecule has 2 aliphatic rings. The number of aromatic nitrogens is 2. The maximum absolute atomic E-state index is 5.82. The lowest BCUT2D eigenvalue weighted by Gasteiger charge is -2.37. The summed E-state index contributed by atoms with van der Waals surface area (Å²) in [5.74, 6) is 1.000. The van der Waals surface area contributed by atoms with E-state index in [2.05, 4.69) is 26.8 Å². The van der Waals surface area contributed by atoms with Crippen LogP contribution in [0.25, 0.3) is 0 Å². The Kier molecular flexibility index (Phi) is 6.81. The minimum Gasteiger partial charge on any atom is -0.355 e. The van der Waals surface area contributed by atoms with Crippen LogP contribution in [0, 0.1) is 0 Å². The highest BCUT2D eigenvalue weighted by atomic mass is 16.7. The zero-order valence-electron chi connectivity index (χ0n) is 14.8. The van der Waals surface area contributed by atoms with E-state index in [1.807, 2.05) is 6.20 Å². The summed E-state index contributed by atoms with van der Waals surface area (Å²) in [7, 11) is 2.24. The maximum Gasteiger partial charge on any atom is 0.157 e. The van der Waals surface area contributed by atoms with Crippen molar-refractivity contribution < 1.29 is 9.47 Å². The highest BCUT2D eigenvalue weighted by molar-refractivity contribution is 5.35. The molecule has 0 aromatic carbocycles. The molecule has 0 bridgehead atoms. The quantitative estimate of drug-likeness (QED) is 0.713. The van der Waals surface area contributed by atoms with E-state index in [1.165, 1.54) is 25.7 Å². The van der Waals surface area contributed by atoms with Gasteiger partial charge in [-0.3, -0.25) is 4.98 Å². The molecule has 1 aromatic rings. The van der Waals surface area contributed by atoms with Crippen molar-refractivity contribution in [3.05, 3.63) is 18.6 Å². The molecule has 1 aromatic heterocycles. The molecule has 3 heterocycles. The SMILES string of the molecule is CN(CCCO[C@H]1CCCCO1)C1CCN(c2cnccn2)CC1. The molecular formula is C18H30N4O2. The number of hydrogen-bond donors (Lipinski definition) is 0. The van der Waals surface area contributed by atoms with E-state index in [1.54, 1.807) is 12.4 Å². The van der Waals surface area contributed by atoms with E-state index in [9.17, 15) is 0 Å². The van der Waals surface area contributed by atoms with Gasteiger partial charge in [-0.05, 0) is 45.6 Å². The molecular weight excluding hydrogens is 304 g/mol. The molecule has 0 amide bonds. The first kappa shape index (κ1) is 17.6. The normalized spacial score (nSPS) is 22.9. The molecule has 6 heteroatoms. The average molecular weight is 334 g/mol. The van der Waals surface area contributed by atoms with Crippen LogP contribution in [0.5, 0.6) is 0 Å². The van der Waals surface area contributed by atoms with Gasteiger partial charge in [0.15, 0.2) is 6.29 Å². The van der Waals surface area contributed by atoms with E-state index in [0.29, 0.717) is 6.04 Å². The Labute approximate surface area is 145 Å². The summed E-state index contributed by atoms with van der Waals surface area (Å²) in [5.41, 5.74) is 0. The minimum absolute atomic E-state index is 0.0410. The molecule has 134 valence electrons. The van der Waals surface area contributed by atoms with Gasteiger partial charge in [-0.25, -0.2) is 4.98 Å². The van der Waals surface area contributed by atoms with E-state index >= 15 is 0 Å². The number of piperidine rings is 1. The second-order valence-corrected chi connectivity index (χ2v) is 6.78. The third kappa shape index (κ3) is 5.13. The van der Waals surface area contributed by atoms with Crippen LogP contribution >= 0.6 is 0 Å². The number of anilines is 1. The van der Waals surface area contributed by atoms with Crippen molar-refractivity contribution in [3.8, 4) is 0 Å². The van der Waals surface area contributed by atoms with Gasteiger partial charge in [0.25, 0.3) is 0 Å². The zero-order valence-corrected chi connectivity index (χ0v) is 14.8. The van der Waals surface area contributed by atoms with Gasteiger partial charge < -0.3 is 19.3 Å². The Morgan fingerprint density at radius 2 is 2.12 bits per heavy atom. The average Bonchev–Trinajstić information content (AvgIpc) is 2.67. The highest BCUT2D eigenvalue weighted by Gasteiger charge is 2.23. The molecule has 1 atom stereocenters. The maximum atomic E-state index is 5.82. The Balaban J connectivity index is 1.31. The van der Waals surface area contributed by atoms with Gasteiger partial charge in [0, 0.05) is 44.7 Å². The van der Waals surface area contributed by atoms with Gasteiger partial charge in [-0.2, -0.15) is 0 Å². The van der Waals surface area contributed by atoms with Gasteiger partial charge in [-0.15, -0.1) is 0 Å². The minimum atomic E-state index is 0.0410. The first-order valence-corrected chi connectivity index (χ1v) is 9.27. The fraction of sp³-hybridized carbons (Fsp3) is 0.778. The lowest BCUT2D eigenvalue weighted by molar-refractivity contribution is -0.163. The zero-order chi connectivity index (χ0) is 16.6. The van der Waals surface area contributed by atoms with Crippen molar-refractivity contribution in [2.24, 2.45) is 0 Å². The van der Waals surface area contributed by atoms with Crippen molar-refractivity contribution >= 4 is 5.82 Å². The van der Waals surface area contributed by atoms with Gasteiger partial charge in [0.1, 0.15) is 5.82 Å². The van der Waals surface area contributed by atoms with E-state index in [-0.39, 0.29) is 6.29 Å². The lowest BCUT2D eigenvalue weighted by Crippen LogP contribution is -2.44. The Morgan fingerprint density at radius 3 is 2.83 bits per heavy atom. The third-order valence-electron chi connectivity index (χ3n) is 5.06. The van der Waals surface area contributed by atoms with Crippen LogP contribution in [0.3, 0.4) is 0 Å². The molecule has 0 aliphatic carbocycles. The number of rotatable bonds is 7. The molecule has 24 heavy (non-hydrogen) atoms. The summed E-state index contributed by atoms with van der Waals surface area (Å²) in [6, 6.07) is 0.656. The monoisotopic (exact) mass is 334 g/mol. The Morgan fingerprint density at radius 1 is 1.25 bits per heavy atom. The van der Waals surface area contributed by atoms with Crippen LogP contribution in [0.4, 0.5) is 5.82 Å². The largest absolute Gasteiger partial charge is 0.355 e. The van der Waals surface area contributed by atoms with E-state index in [4.69, 9.17) is 9.47 Å². The molecule has 0 unspecified atom stereocenters. The summed E-state index contributed by atoms with van der Waals surface area (Å²) in [6.45, 7) is 4.85. The first-order valence-electron chi connectivity index (χ1n) is 9.27. The standard InChI is InChI=1S/C18H30N4O2/c1-21(10-4-14-24-18-5-2-3-13-23-18)16-6-11-22(12-7-16)17-15-19-8-9-20-17/h8-9,15-16,18H,2-7,10-14H2,1H3/t18-/m0/s1. The van der Waals surface area contributed by atoms with E-state index < -0.39 is 0 Å². The van der Waals surface area contributed by atoms with Gasteiger partial charge in [0.05, 0.1) is 12.8 Å². The van der Waals surface area contributed by atoms with Crippen LogP contribution in [0.15, 0.2) is 18.6 Å². The second kappa shape index (κ2) is 9.30. The first-order chi connectivity index (χ1) is 11.8. The third-order valence-corrected chi connectivity index (χ3v) is 5.06. The fourth-order valence-electron chi connectivity index (χ4n) is 3.54. The predicted molar refractivity (Wildman–Crippen MR) is 94.1 cm³/mol. The molecule has 2 fully saturated rings. The Hall–Kier alpha value is -1.24. The molecule has 2 saturated heterocycles. The summed E-state index contributed by atoms with van der Waals surface area (Å²) in [6.07, 6.45) is 12.3. The Bertz CT molecular complexity index is 459. The second-order valence-electron chi connectivity index (χ2n) is 6.78. The van der Waals surface area contributed by atoms with Crippen LogP contribution in [0.1, 0.15) is 38.5 Å².